The minimum absolute atomic E-state index is 0.0826. The van der Waals surface area contributed by atoms with E-state index < -0.39 is 5.91 Å². The van der Waals surface area contributed by atoms with E-state index in [1.807, 2.05) is 0 Å². The predicted molar refractivity (Wildman–Crippen MR) is 113 cm³/mol. The molecule has 1 fully saturated rings. The van der Waals surface area contributed by atoms with Crippen LogP contribution in [0.1, 0.15) is 32.4 Å². The SMILES string of the molecule is COCCNC(=O)C1CCCN(C(=O)c2nnc(C(=O)Nc3ccc(Cl)cc3)s2)C1. The van der Waals surface area contributed by atoms with Gasteiger partial charge in [0.1, 0.15) is 0 Å². The molecule has 0 radical (unpaired) electrons. The van der Waals surface area contributed by atoms with Crippen molar-refractivity contribution in [2.75, 3.05) is 38.7 Å². The van der Waals surface area contributed by atoms with E-state index in [9.17, 15) is 14.4 Å². The molecule has 0 bridgehead atoms. The van der Waals surface area contributed by atoms with E-state index in [1.165, 1.54) is 0 Å². The van der Waals surface area contributed by atoms with Crippen molar-refractivity contribution in [1.29, 1.82) is 0 Å². The quantitative estimate of drug-likeness (QED) is 0.623. The van der Waals surface area contributed by atoms with Gasteiger partial charge < -0.3 is 20.3 Å². The number of amides is 3. The van der Waals surface area contributed by atoms with Gasteiger partial charge in [-0.05, 0) is 37.1 Å². The lowest BCUT2D eigenvalue weighted by Crippen LogP contribution is -2.45. The topological polar surface area (TPSA) is 114 Å². The third kappa shape index (κ3) is 5.74. The molecule has 1 atom stereocenters. The van der Waals surface area contributed by atoms with E-state index in [2.05, 4.69) is 20.8 Å². The molecule has 1 saturated heterocycles. The average Bonchev–Trinajstić information content (AvgIpc) is 3.25. The summed E-state index contributed by atoms with van der Waals surface area (Å²) >= 11 is 6.76. The van der Waals surface area contributed by atoms with Crippen LogP contribution < -0.4 is 10.6 Å². The van der Waals surface area contributed by atoms with Crippen LogP contribution in [-0.4, -0.2) is 66.2 Å². The number of carbonyl (C=O) groups is 3. The summed E-state index contributed by atoms with van der Waals surface area (Å²) in [4.78, 5) is 39.0. The van der Waals surface area contributed by atoms with Crippen molar-refractivity contribution in [3.8, 4) is 0 Å². The number of benzene rings is 1. The van der Waals surface area contributed by atoms with Gasteiger partial charge in [0.25, 0.3) is 11.8 Å². The lowest BCUT2D eigenvalue weighted by Gasteiger charge is -2.31. The standard InChI is InChI=1S/C19H22ClN5O4S/c1-29-10-8-21-15(26)12-3-2-9-25(11-12)19(28)18-24-23-17(30-18)16(27)22-14-6-4-13(20)5-7-14/h4-7,12H,2-3,8-11H2,1H3,(H,21,26)(H,22,27). The summed E-state index contributed by atoms with van der Waals surface area (Å²) in [5, 5.41) is 14.0. The number of hydrogen-bond acceptors (Lipinski definition) is 7. The fourth-order valence-electron chi connectivity index (χ4n) is 3.05. The van der Waals surface area contributed by atoms with Gasteiger partial charge in [0.15, 0.2) is 0 Å². The van der Waals surface area contributed by atoms with E-state index in [1.54, 1.807) is 36.3 Å². The number of aromatic nitrogens is 2. The summed E-state index contributed by atoms with van der Waals surface area (Å²) < 4.78 is 4.93. The number of rotatable bonds is 7. The minimum Gasteiger partial charge on any atom is -0.383 e. The molecule has 2 N–H and O–H groups in total. The lowest BCUT2D eigenvalue weighted by molar-refractivity contribution is -0.126. The van der Waals surface area contributed by atoms with Crippen LogP contribution in [-0.2, 0) is 9.53 Å². The first-order valence-corrected chi connectivity index (χ1v) is 10.6. The van der Waals surface area contributed by atoms with Gasteiger partial charge in [-0.15, -0.1) is 10.2 Å². The number of likely N-dealkylation sites (tertiary alicyclic amines) is 1. The highest BCUT2D eigenvalue weighted by atomic mass is 35.5. The number of halogens is 1. The second kappa shape index (κ2) is 10.5. The molecular weight excluding hydrogens is 430 g/mol. The Morgan fingerprint density at radius 3 is 2.70 bits per heavy atom. The Labute approximate surface area is 182 Å². The monoisotopic (exact) mass is 451 g/mol. The van der Waals surface area contributed by atoms with E-state index in [0.29, 0.717) is 43.4 Å². The summed E-state index contributed by atoms with van der Waals surface area (Å²) in [5.41, 5.74) is 0.561. The summed E-state index contributed by atoms with van der Waals surface area (Å²) in [6.45, 7) is 1.71. The van der Waals surface area contributed by atoms with Gasteiger partial charge in [-0.25, -0.2) is 0 Å². The Bertz CT molecular complexity index is 905. The van der Waals surface area contributed by atoms with Gasteiger partial charge in [-0.1, -0.05) is 22.9 Å². The van der Waals surface area contributed by atoms with E-state index in [0.717, 1.165) is 17.8 Å². The minimum atomic E-state index is -0.456. The van der Waals surface area contributed by atoms with Crippen LogP contribution in [0.2, 0.25) is 5.02 Å². The number of carbonyl (C=O) groups excluding carboxylic acids is 3. The van der Waals surface area contributed by atoms with Crippen LogP contribution in [0.4, 0.5) is 5.69 Å². The van der Waals surface area contributed by atoms with Gasteiger partial charge in [0.05, 0.1) is 12.5 Å². The van der Waals surface area contributed by atoms with Crippen LogP contribution in [0.3, 0.4) is 0 Å². The number of anilines is 1. The number of nitrogens with one attached hydrogen (secondary N) is 2. The first kappa shape index (κ1) is 22.1. The highest BCUT2D eigenvalue weighted by Gasteiger charge is 2.30. The Hall–Kier alpha value is -2.56. The maximum absolute atomic E-state index is 12.8. The smallest absolute Gasteiger partial charge is 0.286 e. The van der Waals surface area contributed by atoms with Crippen molar-refractivity contribution in [2.45, 2.75) is 12.8 Å². The molecule has 0 aliphatic carbocycles. The van der Waals surface area contributed by atoms with Crippen molar-refractivity contribution >= 4 is 46.3 Å². The molecule has 30 heavy (non-hydrogen) atoms. The van der Waals surface area contributed by atoms with Crippen molar-refractivity contribution < 1.29 is 19.1 Å². The third-order valence-corrected chi connectivity index (χ3v) is 5.75. The Kier molecular flexibility index (Phi) is 7.72. The lowest BCUT2D eigenvalue weighted by atomic mass is 9.97. The molecular formula is C19H22ClN5O4S. The second-order valence-electron chi connectivity index (χ2n) is 6.75. The van der Waals surface area contributed by atoms with Crippen molar-refractivity contribution in [2.24, 2.45) is 5.92 Å². The summed E-state index contributed by atoms with van der Waals surface area (Å²) in [5.74, 6) is -1.15. The molecule has 2 heterocycles. The largest absolute Gasteiger partial charge is 0.383 e. The zero-order valence-electron chi connectivity index (χ0n) is 16.4. The zero-order chi connectivity index (χ0) is 21.5. The molecule has 11 heteroatoms. The van der Waals surface area contributed by atoms with E-state index >= 15 is 0 Å². The normalized spacial score (nSPS) is 16.2. The van der Waals surface area contributed by atoms with Crippen LogP contribution in [0.25, 0.3) is 0 Å². The number of hydrogen-bond donors (Lipinski definition) is 2. The highest BCUT2D eigenvalue weighted by molar-refractivity contribution is 7.15. The number of piperidine rings is 1. The Morgan fingerprint density at radius 2 is 1.97 bits per heavy atom. The second-order valence-corrected chi connectivity index (χ2v) is 8.16. The van der Waals surface area contributed by atoms with Crippen LogP contribution in [0.15, 0.2) is 24.3 Å². The maximum Gasteiger partial charge on any atom is 0.286 e. The molecule has 1 aromatic heterocycles. The van der Waals surface area contributed by atoms with Crippen LogP contribution >= 0.6 is 22.9 Å². The average molecular weight is 452 g/mol. The molecule has 160 valence electrons. The molecule has 1 aliphatic rings. The fourth-order valence-corrected chi connectivity index (χ4v) is 3.88. The highest BCUT2D eigenvalue weighted by Crippen LogP contribution is 2.21. The molecule has 3 amide bonds. The zero-order valence-corrected chi connectivity index (χ0v) is 18.0. The first-order valence-electron chi connectivity index (χ1n) is 9.44. The molecule has 1 aliphatic heterocycles. The number of methoxy groups -OCH3 is 1. The number of nitrogens with zero attached hydrogens (tertiary/aromatic N) is 3. The van der Waals surface area contributed by atoms with Gasteiger partial charge >= 0.3 is 0 Å². The van der Waals surface area contributed by atoms with Gasteiger partial charge in [0.2, 0.25) is 15.9 Å². The maximum atomic E-state index is 12.8. The molecule has 1 aromatic carbocycles. The molecule has 3 rings (SSSR count). The fraction of sp³-hybridized carbons (Fsp3) is 0.421. The van der Waals surface area contributed by atoms with Crippen LogP contribution in [0, 0.1) is 5.92 Å². The van der Waals surface area contributed by atoms with Gasteiger partial charge in [-0.3, -0.25) is 14.4 Å². The van der Waals surface area contributed by atoms with E-state index in [-0.39, 0.29) is 27.7 Å². The first-order chi connectivity index (χ1) is 14.5. The van der Waals surface area contributed by atoms with E-state index in [4.69, 9.17) is 16.3 Å². The predicted octanol–water partition coefficient (Wildman–Crippen LogP) is 2.06. The van der Waals surface area contributed by atoms with Gasteiger partial charge in [0, 0.05) is 37.5 Å². The molecule has 1 unspecified atom stereocenters. The van der Waals surface area contributed by atoms with Crippen molar-refractivity contribution in [3.63, 3.8) is 0 Å². The molecule has 2 aromatic rings. The van der Waals surface area contributed by atoms with Crippen LogP contribution in [0.5, 0.6) is 0 Å². The third-order valence-electron chi connectivity index (χ3n) is 4.59. The van der Waals surface area contributed by atoms with Crippen molar-refractivity contribution in [1.82, 2.24) is 20.4 Å². The summed E-state index contributed by atoms with van der Waals surface area (Å²) in [6.07, 6.45) is 1.43. The van der Waals surface area contributed by atoms with Crippen molar-refractivity contribution in [3.05, 3.63) is 39.3 Å². The van der Waals surface area contributed by atoms with Gasteiger partial charge in [-0.2, -0.15) is 0 Å². The Morgan fingerprint density at radius 1 is 1.23 bits per heavy atom. The molecule has 9 nitrogen and oxygen atoms in total. The summed E-state index contributed by atoms with van der Waals surface area (Å²) in [7, 11) is 1.57. The summed E-state index contributed by atoms with van der Waals surface area (Å²) in [6, 6.07) is 6.65. The molecule has 0 spiro atoms. The molecule has 0 saturated carbocycles. The Balaban J connectivity index is 1.59. The number of ether oxygens (including phenoxy) is 1.